The molecule has 0 spiro atoms. The van der Waals surface area contributed by atoms with Gasteiger partial charge in [0, 0.05) is 6.07 Å². The smallest absolute Gasteiger partial charge is 0.270 e. The van der Waals surface area contributed by atoms with Gasteiger partial charge in [-0.2, -0.15) is 4.98 Å². The molecule has 0 aliphatic rings. The van der Waals surface area contributed by atoms with Crippen molar-refractivity contribution >= 4 is 17.0 Å². The van der Waals surface area contributed by atoms with Gasteiger partial charge in [0.2, 0.25) is 11.7 Å². The highest BCUT2D eigenvalue weighted by atomic mass is 32.1. The highest BCUT2D eigenvalue weighted by Gasteiger charge is 2.16. The molecule has 3 rings (SSSR count). The van der Waals surface area contributed by atoms with E-state index in [1.54, 1.807) is 12.1 Å². The number of methoxy groups -OCH3 is 1. The van der Waals surface area contributed by atoms with E-state index in [1.165, 1.54) is 18.4 Å². The van der Waals surface area contributed by atoms with Crippen molar-refractivity contribution in [3.05, 3.63) is 23.1 Å². The van der Waals surface area contributed by atoms with Gasteiger partial charge in [0.05, 0.1) is 12.8 Å². The molecule has 3 heterocycles. The molecule has 0 bridgehead atoms. The van der Waals surface area contributed by atoms with Crippen LogP contribution in [0.3, 0.4) is 0 Å². The van der Waals surface area contributed by atoms with Gasteiger partial charge in [0.15, 0.2) is 0 Å². The molecule has 0 saturated carbocycles. The van der Waals surface area contributed by atoms with Crippen LogP contribution in [0.5, 0.6) is 5.88 Å². The molecule has 0 aliphatic carbocycles. The minimum atomic E-state index is 0.362. The predicted molar refractivity (Wildman–Crippen MR) is 74.3 cm³/mol. The lowest BCUT2D eigenvalue weighted by molar-refractivity contribution is 0.392. The number of nitrogen functional groups attached to an aromatic ring is 1. The Morgan fingerprint density at radius 2 is 2.15 bits per heavy atom. The first-order valence-corrected chi connectivity index (χ1v) is 6.62. The molecule has 8 heteroatoms. The van der Waals surface area contributed by atoms with E-state index in [0.717, 1.165) is 10.4 Å². The number of aryl methyl sites for hydroxylation is 1. The molecule has 3 aromatic rings. The van der Waals surface area contributed by atoms with Gasteiger partial charge in [0.25, 0.3) is 5.89 Å². The summed E-state index contributed by atoms with van der Waals surface area (Å²) < 4.78 is 10.2. The summed E-state index contributed by atoms with van der Waals surface area (Å²) in [5.41, 5.74) is 8.12. The van der Waals surface area contributed by atoms with Crippen molar-refractivity contribution in [1.82, 2.24) is 20.3 Å². The zero-order valence-electron chi connectivity index (χ0n) is 10.8. The first-order chi connectivity index (χ1) is 9.69. The molecule has 2 N–H and O–H groups in total. The van der Waals surface area contributed by atoms with Crippen LogP contribution in [0.25, 0.3) is 22.3 Å². The van der Waals surface area contributed by atoms with E-state index in [0.29, 0.717) is 29.0 Å². The largest absolute Gasteiger partial charge is 0.480 e. The van der Waals surface area contributed by atoms with Gasteiger partial charge < -0.3 is 15.0 Å². The maximum absolute atomic E-state index is 5.96. The number of ether oxygens (including phenoxy) is 1. The maximum Gasteiger partial charge on any atom is 0.270 e. The normalized spacial score (nSPS) is 10.7. The zero-order valence-corrected chi connectivity index (χ0v) is 11.6. The molecule has 20 heavy (non-hydrogen) atoms. The fraction of sp³-hybridized carbons (Fsp3) is 0.167. The highest BCUT2D eigenvalue weighted by molar-refractivity contribution is 7.14. The molecular weight excluding hydrogens is 278 g/mol. The van der Waals surface area contributed by atoms with Crippen LogP contribution in [0, 0.1) is 6.92 Å². The van der Waals surface area contributed by atoms with Crippen molar-refractivity contribution in [2.75, 3.05) is 12.8 Å². The van der Waals surface area contributed by atoms with E-state index in [-0.39, 0.29) is 0 Å². The Hall–Kier alpha value is -2.48. The third-order valence-electron chi connectivity index (χ3n) is 2.72. The molecule has 0 radical (unpaired) electrons. The van der Waals surface area contributed by atoms with Crippen molar-refractivity contribution in [1.29, 1.82) is 0 Å². The number of rotatable bonds is 3. The van der Waals surface area contributed by atoms with Crippen molar-refractivity contribution in [3.8, 4) is 28.2 Å². The number of hydrogen-bond donors (Lipinski definition) is 1. The van der Waals surface area contributed by atoms with Crippen molar-refractivity contribution in [2.24, 2.45) is 0 Å². The molecule has 7 nitrogen and oxygen atoms in total. The summed E-state index contributed by atoms with van der Waals surface area (Å²) >= 11 is 1.47. The summed E-state index contributed by atoms with van der Waals surface area (Å²) in [6, 6.07) is 3.39. The molecule has 0 saturated heterocycles. The van der Waals surface area contributed by atoms with Gasteiger partial charge in [-0.3, -0.25) is 0 Å². The van der Waals surface area contributed by atoms with E-state index in [2.05, 4.69) is 20.3 Å². The van der Waals surface area contributed by atoms with Crippen molar-refractivity contribution in [2.45, 2.75) is 6.92 Å². The molecule has 102 valence electrons. The molecule has 0 amide bonds. The standard InChI is InChI=1S/C12H11N5O2S/c1-6-5-20-10(9(6)13)12-14-11(17-19-12)7-3-4-8(18-2)16-15-7/h3-5H,13H2,1-2H3. The maximum atomic E-state index is 5.96. The SMILES string of the molecule is COc1ccc(-c2noc(-c3scc(C)c3N)n2)nn1. The quantitative estimate of drug-likeness (QED) is 0.788. The Morgan fingerprint density at radius 3 is 2.75 bits per heavy atom. The number of aromatic nitrogens is 4. The molecule has 0 atom stereocenters. The van der Waals surface area contributed by atoms with Gasteiger partial charge in [-0.15, -0.1) is 21.5 Å². The van der Waals surface area contributed by atoms with Gasteiger partial charge in [-0.25, -0.2) is 0 Å². The highest BCUT2D eigenvalue weighted by Crippen LogP contribution is 2.34. The lowest BCUT2D eigenvalue weighted by Crippen LogP contribution is -1.93. The molecule has 0 aliphatic heterocycles. The second-order valence-corrected chi connectivity index (χ2v) is 4.93. The average molecular weight is 289 g/mol. The Bertz CT molecular complexity index is 735. The van der Waals surface area contributed by atoms with E-state index < -0.39 is 0 Å². The lowest BCUT2D eigenvalue weighted by atomic mass is 10.3. The van der Waals surface area contributed by atoms with Gasteiger partial charge >= 0.3 is 0 Å². The monoisotopic (exact) mass is 289 g/mol. The molecular formula is C12H11N5O2S. The minimum Gasteiger partial charge on any atom is -0.480 e. The van der Waals surface area contributed by atoms with Crippen molar-refractivity contribution in [3.63, 3.8) is 0 Å². The summed E-state index contributed by atoms with van der Waals surface area (Å²) in [4.78, 5) is 5.06. The van der Waals surface area contributed by atoms with E-state index in [4.69, 9.17) is 15.0 Å². The Morgan fingerprint density at radius 1 is 1.30 bits per heavy atom. The van der Waals surface area contributed by atoms with Crippen LogP contribution < -0.4 is 10.5 Å². The average Bonchev–Trinajstić information content (AvgIpc) is 3.08. The first kappa shape index (κ1) is 12.5. The van der Waals surface area contributed by atoms with Crippen LogP contribution in [-0.2, 0) is 0 Å². The molecule has 0 fully saturated rings. The third-order valence-corrected chi connectivity index (χ3v) is 3.82. The summed E-state index contributed by atoms with van der Waals surface area (Å²) in [6.45, 7) is 1.93. The molecule has 0 aromatic carbocycles. The Labute approximate surface area is 118 Å². The summed E-state index contributed by atoms with van der Waals surface area (Å²) in [5, 5.41) is 13.7. The lowest BCUT2D eigenvalue weighted by Gasteiger charge is -1.96. The number of hydrogen-bond acceptors (Lipinski definition) is 8. The number of nitrogens with two attached hydrogens (primary N) is 1. The zero-order chi connectivity index (χ0) is 14.1. The first-order valence-electron chi connectivity index (χ1n) is 5.74. The van der Waals surface area contributed by atoms with Gasteiger partial charge in [-0.1, -0.05) is 5.16 Å². The summed E-state index contributed by atoms with van der Waals surface area (Å²) in [5.74, 6) is 1.17. The fourth-order valence-corrected chi connectivity index (χ4v) is 2.48. The van der Waals surface area contributed by atoms with E-state index in [9.17, 15) is 0 Å². The van der Waals surface area contributed by atoms with Crippen LogP contribution >= 0.6 is 11.3 Å². The van der Waals surface area contributed by atoms with Gasteiger partial charge in [0.1, 0.15) is 10.6 Å². The molecule has 3 aromatic heterocycles. The summed E-state index contributed by atoms with van der Waals surface area (Å²) in [6.07, 6.45) is 0. The number of nitrogens with zero attached hydrogens (tertiary/aromatic N) is 4. The minimum absolute atomic E-state index is 0.362. The van der Waals surface area contributed by atoms with E-state index in [1.807, 2.05) is 12.3 Å². The predicted octanol–water partition coefficient (Wildman–Crippen LogP) is 2.15. The second-order valence-electron chi connectivity index (χ2n) is 4.05. The van der Waals surface area contributed by atoms with Crippen LogP contribution in [-0.4, -0.2) is 27.4 Å². The number of anilines is 1. The Kier molecular flexibility index (Phi) is 3.07. The van der Waals surface area contributed by atoms with Crippen LogP contribution in [0.15, 0.2) is 22.0 Å². The third kappa shape index (κ3) is 2.10. The van der Waals surface area contributed by atoms with Gasteiger partial charge in [-0.05, 0) is 23.9 Å². The van der Waals surface area contributed by atoms with Crippen LogP contribution in [0.1, 0.15) is 5.56 Å². The second kappa shape index (κ2) is 4.89. The van der Waals surface area contributed by atoms with Crippen molar-refractivity contribution < 1.29 is 9.26 Å². The fourth-order valence-electron chi connectivity index (χ4n) is 1.59. The number of thiophene rings is 1. The van der Waals surface area contributed by atoms with Crippen LogP contribution in [0.4, 0.5) is 5.69 Å². The topological polar surface area (TPSA) is 100.0 Å². The Balaban J connectivity index is 1.95. The van der Waals surface area contributed by atoms with E-state index >= 15 is 0 Å². The molecule has 0 unspecified atom stereocenters. The van der Waals surface area contributed by atoms with Crippen LogP contribution in [0.2, 0.25) is 0 Å². The summed E-state index contributed by atoms with van der Waals surface area (Å²) in [7, 11) is 1.53.